The minimum absolute atomic E-state index is 0.630. The van der Waals surface area contributed by atoms with Crippen molar-refractivity contribution in [1.82, 2.24) is 4.98 Å². The lowest BCUT2D eigenvalue weighted by atomic mass is 10.2. The van der Waals surface area contributed by atoms with Crippen LogP contribution in [0.3, 0.4) is 0 Å². The van der Waals surface area contributed by atoms with Crippen LogP contribution in [0.1, 0.15) is 25.2 Å². The Morgan fingerprint density at radius 1 is 1.05 bits per heavy atom. The summed E-state index contributed by atoms with van der Waals surface area (Å²) in [5.74, 6) is 1.66. The molecule has 0 unspecified atom stereocenters. The van der Waals surface area contributed by atoms with Crippen LogP contribution >= 0.6 is 0 Å². The lowest BCUT2D eigenvalue weighted by Gasteiger charge is -2.14. The molecule has 0 amide bonds. The molecule has 0 radical (unpaired) electrons. The van der Waals surface area contributed by atoms with Gasteiger partial charge in [-0.05, 0) is 45.0 Å². The Bertz CT molecular complexity index is 585. The molecule has 1 heterocycles. The highest BCUT2D eigenvalue weighted by Crippen LogP contribution is 2.29. The molecule has 0 saturated carbocycles. The van der Waals surface area contributed by atoms with Gasteiger partial charge in [-0.2, -0.15) is 0 Å². The van der Waals surface area contributed by atoms with Crippen LogP contribution in [0.25, 0.3) is 0 Å². The fourth-order valence-corrected chi connectivity index (χ4v) is 2.07. The van der Waals surface area contributed by atoms with E-state index >= 15 is 0 Å². The van der Waals surface area contributed by atoms with Gasteiger partial charge in [0.25, 0.3) is 0 Å². The third-order valence-corrected chi connectivity index (χ3v) is 2.97. The second kappa shape index (κ2) is 7.53. The molecule has 21 heavy (non-hydrogen) atoms. The number of nitrogens with one attached hydrogen (secondary N) is 1. The quantitative estimate of drug-likeness (QED) is 0.840. The molecule has 2 aromatic rings. The van der Waals surface area contributed by atoms with Crippen molar-refractivity contribution in [3.05, 3.63) is 47.8 Å². The number of aromatic nitrogens is 1. The van der Waals surface area contributed by atoms with Crippen molar-refractivity contribution in [2.75, 3.05) is 18.5 Å². The Morgan fingerprint density at radius 3 is 2.57 bits per heavy atom. The molecule has 4 heteroatoms. The molecule has 0 fully saturated rings. The van der Waals surface area contributed by atoms with Gasteiger partial charge in [0.05, 0.1) is 31.1 Å². The number of aryl methyl sites for hydroxylation is 1. The number of benzene rings is 1. The Kier molecular flexibility index (Phi) is 5.43. The summed E-state index contributed by atoms with van der Waals surface area (Å²) in [5.41, 5.74) is 2.94. The van der Waals surface area contributed by atoms with E-state index in [9.17, 15) is 0 Å². The summed E-state index contributed by atoms with van der Waals surface area (Å²) in [7, 11) is 0. The molecule has 4 nitrogen and oxygen atoms in total. The topological polar surface area (TPSA) is 43.4 Å². The molecule has 0 bridgehead atoms. The minimum Gasteiger partial charge on any atom is -0.494 e. The average molecular weight is 286 g/mol. The number of nitrogens with zero attached hydrogens (tertiary/aromatic N) is 1. The highest BCUT2D eigenvalue weighted by atomic mass is 16.5. The van der Waals surface area contributed by atoms with Crippen molar-refractivity contribution in [1.29, 1.82) is 0 Å². The number of ether oxygens (including phenoxy) is 2. The van der Waals surface area contributed by atoms with Crippen molar-refractivity contribution in [2.24, 2.45) is 0 Å². The van der Waals surface area contributed by atoms with Crippen LogP contribution in [0.5, 0.6) is 11.5 Å². The average Bonchev–Trinajstić information content (AvgIpc) is 2.48. The molecule has 0 saturated heterocycles. The Labute approximate surface area is 126 Å². The lowest BCUT2D eigenvalue weighted by molar-refractivity contribution is 0.332. The van der Waals surface area contributed by atoms with E-state index < -0.39 is 0 Å². The maximum Gasteiger partial charge on any atom is 0.142 e. The number of hydrogen-bond acceptors (Lipinski definition) is 4. The van der Waals surface area contributed by atoms with Crippen molar-refractivity contribution in [3.63, 3.8) is 0 Å². The van der Waals surface area contributed by atoms with Gasteiger partial charge in [-0.15, -0.1) is 0 Å². The number of pyridine rings is 1. The summed E-state index contributed by atoms with van der Waals surface area (Å²) in [4.78, 5) is 4.49. The van der Waals surface area contributed by atoms with Crippen LogP contribution in [0, 0.1) is 6.92 Å². The van der Waals surface area contributed by atoms with Gasteiger partial charge in [0.15, 0.2) is 0 Å². The molecule has 1 N–H and O–H groups in total. The van der Waals surface area contributed by atoms with E-state index in [0.717, 1.165) is 28.6 Å². The van der Waals surface area contributed by atoms with E-state index in [1.54, 1.807) is 0 Å². The van der Waals surface area contributed by atoms with E-state index in [4.69, 9.17) is 9.47 Å². The fraction of sp³-hybridized carbons (Fsp3) is 0.353. The number of hydrogen-bond donors (Lipinski definition) is 1. The van der Waals surface area contributed by atoms with Crippen molar-refractivity contribution in [2.45, 2.75) is 27.3 Å². The first-order valence-electron chi connectivity index (χ1n) is 7.29. The second-order valence-electron chi connectivity index (χ2n) is 4.65. The van der Waals surface area contributed by atoms with Gasteiger partial charge in [-0.25, -0.2) is 0 Å². The monoisotopic (exact) mass is 286 g/mol. The van der Waals surface area contributed by atoms with E-state index in [1.165, 1.54) is 0 Å². The van der Waals surface area contributed by atoms with Crippen LogP contribution in [-0.4, -0.2) is 18.2 Å². The molecule has 0 spiro atoms. The maximum atomic E-state index is 5.64. The van der Waals surface area contributed by atoms with E-state index in [1.807, 2.05) is 57.2 Å². The summed E-state index contributed by atoms with van der Waals surface area (Å²) >= 11 is 0. The summed E-state index contributed by atoms with van der Waals surface area (Å²) in [6.45, 7) is 7.86. The SMILES string of the molecule is CCOc1ccc(OCC)c(NCc2cccc(C)n2)c1. The summed E-state index contributed by atoms with van der Waals surface area (Å²) in [6.07, 6.45) is 0. The van der Waals surface area contributed by atoms with Gasteiger partial charge in [-0.3, -0.25) is 4.98 Å². The van der Waals surface area contributed by atoms with Gasteiger partial charge in [0, 0.05) is 11.8 Å². The standard InChI is InChI=1S/C17H22N2O2/c1-4-20-15-9-10-17(21-5-2)16(11-15)18-12-14-8-6-7-13(3)19-14/h6-11,18H,4-5,12H2,1-3H3. The smallest absolute Gasteiger partial charge is 0.142 e. The number of anilines is 1. The minimum atomic E-state index is 0.630. The second-order valence-corrected chi connectivity index (χ2v) is 4.65. The maximum absolute atomic E-state index is 5.64. The predicted octanol–water partition coefficient (Wildman–Crippen LogP) is 3.80. The first kappa shape index (κ1) is 15.2. The van der Waals surface area contributed by atoms with Crippen LogP contribution in [0.2, 0.25) is 0 Å². The van der Waals surface area contributed by atoms with Gasteiger partial charge in [0.1, 0.15) is 11.5 Å². The first-order chi connectivity index (χ1) is 10.2. The van der Waals surface area contributed by atoms with Crippen LogP contribution in [-0.2, 0) is 6.54 Å². The van der Waals surface area contributed by atoms with Gasteiger partial charge in [0.2, 0.25) is 0 Å². The van der Waals surface area contributed by atoms with Gasteiger partial charge >= 0.3 is 0 Å². The van der Waals surface area contributed by atoms with Crippen molar-refractivity contribution < 1.29 is 9.47 Å². The van der Waals surface area contributed by atoms with Crippen molar-refractivity contribution in [3.8, 4) is 11.5 Å². The zero-order valence-electron chi connectivity index (χ0n) is 12.8. The summed E-state index contributed by atoms with van der Waals surface area (Å²) < 4.78 is 11.2. The predicted molar refractivity (Wildman–Crippen MR) is 85.1 cm³/mol. The third-order valence-electron chi connectivity index (χ3n) is 2.97. The number of rotatable bonds is 7. The van der Waals surface area contributed by atoms with Crippen molar-refractivity contribution >= 4 is 5.69 Å². The highest BCUT2D eigenvalue weighted by Gasteiger charge is 2.06. The largest absolute Gasteiger partial charge is 0.494 e. The van der Waals surface area contributed by atoms with E-state index in [2.05, 4.69) is 10.3 Å². The van der Waals surface area contributed by atoms with E-state index in [0.29, 0.717) is 19.8 Å². The highest BCUT2D eigenvalue weighted by molar-refractivity contribution is 5.59. The molecule has 2 rings (SSSR count). The molecule has 0 aliphatic rings. The Balaban J connectivity index is 2.14. The van der Waals surface area contributed by atoms with Gasteiger partial charge in [-0.1, -0.05) is 6.07 Å². The fourth-order valence-electron chi connectivity index (χ4n) is 2.07. The van der Waals surface area contributed by atoms with Gasteiger partial charge < -0.3 is 14.8 Å². The molecule has 112 valence electrons. The molecular weight excluding hydrogens is 264 g/mol. The molecule has 0 atom stereocenters. The van der Waals surface area contributed by atoms with Crippen LogP contribution in [0.4, 0.5) is 5.69 Å². The molecule has 1 aromatic heterocycles. The first-order valence-corrected chi connectivity index (χ1v) is 7.29. The zero-order valence-corrected chi connectivity index (χ0v) is 12.8. The lowest BCUT2D eigenvalue weighted by Crippen LogP contribution is -2.05. The zero-order chi connectivity index (χ0) is 15.1. The summed E-state index contributed by atoms with van der Waals surface area (Å²) in [6, 6.07) is 11.8. The third kappa shape index (κ3) is 4.38. The summed E-state index contributed by atoms with van der Waals surface area (Å²) in [5, 5.41) is 3.37. The Morgan fingerprint density at radius 2 is 1.86 bits per heavy atom. The molecule has 1 aromatic carbocycles. The van der Waals surface area contributed by atoms with Crippen LogP contribution in [0.15, 0.2) is 36.4 Å². The molecule has 0 aliphatic carbocycles. The van der Waals surface area contributed by atoms with Crippen LogP contribution < -0.4 is 14.8 Å². The van der Waals surface area contributed by atoms with E-state index in [-0.39, 0.29) is 0 Å². The normalized spacial score (nSPS) is 10.2. The Hall–Kier alpha value is -2.23. The molecule has 0 aliphatic heterocycles. The molecular formula is C17H22N2O2.